The van der Waals surface area contributed by atoms with Crippen molar-refractivity contribution >= 4 is 29.2 Å². The van der Waals surface area contributed by atoms with Crippen LogP contribution in [0.15, 0.2) is 12.4 Å². The smallest absolute Gasteiger partial charge is 0.320 e. The van der Waals surface area contributed by atoms with Gasteiger partial charge in [-0.2, -0.15) is 0 Å². The van der Waals surface area contributed by atoms with Crippen LogP contribution in [-0.2, 0) is 4.79 Å². The molecule has 5 nitrogen and oxygen atoms in total. The van der Waals surface area contributed by atoms with Gasteiger partial charge in [-0.15, -0.1) is 0 Å². The van der Waals surface area contributed by atoms with E-state index in [1.54, 1.807) is 13.8 Å². The highest BCUT2D eigenvalue weighted by Gasteiger charge is 2.14. The minimum Gasteiger partial charge on any atom is -0.480 e. The summed E-state index contributed by atoms with van der Waals surface area (Å²) >= 11 is 10.8. The zero-order chi connectivity index (χ0) is 12.7. The summed E-state index contributed by atoms with van der Waals surface area (Å²) in [6.45, 7) is 3.55. The minimum atomic E-state index is -0.931. The fourth-order valence-corrected chi connectivity index (χ4v) is 0.947. The number of hydrogen-bond donors (Lipinski definition) is 2. The molecule has 16 heavy (non-hydrogen) atoms. The van der Waals surface area contributed by atoms with E-state index in [2.05, 4.69) is 9.97 Å². The van der Waals surface area contributed by atoms with Crippen LogP contribution in [0.4, 0.5) is 0 Å². The second kappa shape index (κ2) is 7.38. The first kappa shape index (κ1) is 15.1. The van der Waals surface area contributed by atoms with Crippen LogP contribution in [0.25, 0.3) is 0 Å². The molecular formula is C9H13Cl2N3O2. The molecule has 0 aliphatic rings. The van der Waals surface area contributed by atoms with Crippen LogP contribution in [0.5, 0.6) is 0 Å². The van der Waals surface area contributed by atoms with Crippen molar-refractivity contribution in [1.82, 2.24) is 9.97 Å². The number of rotatable bonds is 2. The number of carboxylic acids is 1. The second-order valence-electron chi connectivity index (χ2n) is 3.27. The zero-order valence-corrected chi connectivity index (χ0v) is 10.4. The largest absolute Gasteiger partial charge is 0.480 e. The summed E-state index contributed by atoms with van der Waals surface area (Å²) in [4.78, 5) is 17.2. The Morgan fingerprint density at radius 3 is 1.94 bits per heavy atom. The number of hydrogen-bond acceptors (Lipinski definition) is 4. The Bertz CT molecular complexity index is 330. The van der Waals surface area contributed by atoms with E-state index in [1.165, 1.54) is 12.4 Å². The van der Waals surface area contributed by atoms with E-state index < -0.39 is 12.0 Å². The standard InChI is InChI=1S/C5H11NO2.C4H2Cl2N2/c1-3(2)4(6)5(7)8;5-3-1-4(6)8-2-7-3/h3-4H,6H2,1-2H3,(H,7,8);1-2H/t4-;/m0./s1. The van der Waals surface area contributed by atoms with Gasteiger partial charge in [-0.3, -0.25) is 4.79 Å². The van der Waals surface area contributed by atoms with E-state index in [1.807, 2.05) is 0 Å². The lowest BCUT2D eigenvalue weighted by molar-refractivity contribution is -0.139. The predicted octanol–water partition coefficient (Wildman–Crippen LogP) is 1.84. The van der Waals surface area contributed by atoms with Crippen molar-refractivity contribution in [1.29, 1.82) is 0 Å². The van der Waals surface area contributed by atoms with Crippen molar-refractivity contribution in [2.75, 3.05) is 0 Å². The van der Waals surface area contributed by atoms with E-state index in [0.29, 0.717) is 10.3 Å². The van der Waals surface area contributed by atoms with Crippen LogP contribution in [0.3, 0.4) is 0 Å². The number of aliphatic carboxylic acids is 1. The first-order chi connectivity index (χ1) is 7.34. The number of carboxylic acid groups (broad SMARTS) is 1. The molecule has 0 amide bonds. The second-order valence-corrected chi connectivity index (χ2v) is 4.05. The molecule has 1 rings (SSSR count). The summed E-state index contributed by atoms with van der Waals surface area (Å²) in [5.41, 5.74) is 5.16. The monoisotopic (exact) mass is 265 g/mol. The van der Waals surface area contributed by atoms with Gasteiger partial charge in [0.15, 0.2) is 0 Å². The molecule has 0 fully saturated rings. The van der Waals surface area contributed by atoms with E-state index in [0.717, 1.165) is 0 Å². The Balaban J connectivity index is 0.000000281. The van der Waals surface area contributed by atoms with Crippen LogP contribution in [0, 0.1) is 5.92 Å². The highest BCUT2D eigenvalue weighted by atomic mass is 35.5. The van der Waals surface area contributed by atoms with E-state index in [4.69, 9.17) is 34.0 Å². The fraction of sp³-hybridized carbons (Fsp3) is 0.444. The van der Waals surface area contributed by atoms with E-state index in [-0.39, 0.29) is 5.92 Å². The topological polar surface area (TPSA) is 89.1 Å². The molecule has 0 unspecified atom stereocenters. The summed E-state index contributed by atoms with van der Waals surface area (Å²) in [6.07, 6.45) is 1.31. The van der Waals surface area contributed by atoms with Gasteiger partial charge in [0.1, 0.15) is 22.7 Å². The van der Waals surface area contributed by atoms with Gasteiger partial charge in [-0.1, -0.05) is 37.0 Å². The summed E-state index contributed by atoms with van der Waals surface area (Å²) in [7, 11) is 0. The number of carbonyl (C=O) groups is 1. The van der Waals surface area contributed by atoms with Crippen LogP contribution in [-0.4, -0.2) is 27.1 Å². The van der Waals surface area contributed by atoms with Gasteiger partial charge in [-0.05, 0) is 5.92 Å². The Morgan fingerprint density at radius 1 is 1.38 bits per heavy atom. The number of halogens is 2. The molecule has 1 aromatic heterocycles. The van der Waals surface area contributed by atoms with Crippen LogP contribution in [0.1, 0.15) is 13.8 Å². The lowest BCUT2D eigenvalue weighted by atomic mass is 10.1. The molecular weight excluding hydrogens is 253 g/mol. The maximum atomic E-state index is 10.0. The summed E-state index contributed by atoms with van der Waals surface area (Å²) in [5.74, 6) is -0.910. The summed E-state index contributed by atoms with van der Waals surface area (Å²) in [5, 5.41) is 8.96. The molecule has 0 bridgehead atoms. The average Bonchev–Trinajstić information content (AvgIpc) is 2.16. The minimum absolute atomic E-state index is 0.0208. The summed E-state index contributed by atoms with van der Waals surface area (Å²) < 4.78 is 0. The third kappa shape index (κ3) is 6.55. The molecule has 90 valence electrons. The van der Waals surface area contributed by atoms with Gasteiger partial charge in [0, 0.05) is 6.07 Å². The van der Waals surface area contributed by atoms with Crippen molar-refractivity contribution in [3.63, 3.8) is 0 Å². The summed E-state index contributed by atoms with van der Waals surface area (Å²) in [6, 6.07) is 0.762. The molecule has 1 atom stereocenters. The third-order valence-corrected chi connectivity index (χ3v) is 2.02. The van der Waals surface area contributed by atoms with E-state index in [9.17, 15) is 4.79 Å². The van der Waals surface area contributed by atoms with Gasteiger partial charge in [0.2, 0.25) is 0 Å². The van der Waals surface area contributed by atoms with Crippen molar-refractivity contribution in [2.24, 2.45) is 11.7 Å². The highest BCUT2D eigenvalue weighted by molar-refractivity contribution is 6.33. The van der Waals surface area contributed by atoms with Crippen molar-refractivity contribution in [3.8, 4) is 0 Å². The molecule has 1 heterocycles. The zero-order valence-electron chi connectivity index (χ0n) is 8.89. The molecule has 0 aliphatic heterocycles. The molecule has 0 aliphatic carbocycles. The number of nitrogens with zero attached hydrogens (tertiary/aromatic N) is 2. The van der Waals surface area contributed by atoms with Crippen LogP contribution >= 0.6 is 23.2 Å². The van der Waals surface area contributed by atoms with Gasteiger partial charge < -0.3 is 10.8 Å². The molecule has 0 spiro atoms. The Morgan fingerprint density at radius 2 is 1.81 bits per heavy atom. The van der Waals surface area contributed by atoms with Gasteiger partial charge in [0.05, 0.1) is 0 Å². The Labute approximate surface area is 104 Å². The van der Waals surface area contributed by atoms with Crippen molar-refractivity contribution < 1.29 is 9.90 Å². The Hall–Kier alpha value is -0.910. The highest BCUT2D eigenvalue weighted by Crippen LogP contribution is 2.07. The molecule has 1 aromatic rings. The van der Waals surface area contributed by atoms with E-state index >= 15 is 0 Å². The molecule has 0 saturated carbocycles. The fourth-order valence-electron chi connectivity index (χ4n) is 0.597. The first-order valence-corrected chi connectivity index (χ1v) is 5.21. The van der Waals surface area contributed by atoms with Crippen molar-refractivity contribution in [3.05, 3.63) is 22.7 Å². The van der Waals surface area contributed by atoms with Crippen LogP contribution in [0.2, 0.25) is 10.3 Å². The number of aromatic nitrogens is 2. The lowest BCUT2D eigenvalue weighted by Gasteiger charge is -2.07. The molecule has 0 radical (unpaired) electrons. The van der Waals surface area contributed by atoms with Gasteiger partial charge in [0.25, 0.3) is 0 Å². The SMILES string of the molecule is CC(C)[C@H](N)C(=O)O.Clc1cc(Cl)ncn1. The number of nitrogens with two attached hydrogens (primary N) is 1. The van der Waals surface area contributed by atoms with Crippen molar-refractivity contribution in [2.45, 2.75) is 19.9 Å². The van der Waals surface area contributed by atoms with Crippen LogP contribution < -0.4 is 5.73 Å². The van der Waals surface area contributed by atoms with Gasteiger partial charge in [-0.25, -0.2) is 9.97 Å². The third-order valence-electron chi connectivity index (χ3n) is 1.60. The predicted molar refractivity (Wildman–Crippen MR) is 62.5 cm³/mol. The maximum Gasteiger partial charge on any atom is 0.320 e. The molecule has 0 saturated heterocycles. The normalized spacial score (nSPS) is 11.6. The average molecular weight is 266 g/mol. The van der Waals surface area contributed by atoms with Gasteiger partial charge >= 0.3 is 5.97 Å². The maximum absolute atomic E-state index is 10.0. The Kier molecular flexibility index (Phi) is 6.96. The first-order valence-electron chi connectivity index (χ1n) is 4.46. The lowest BCUT2D eigenvalue weighted by Crippen LogP contribution is -2.34. The quantitative estimate of drug-likeness (QED) is 0.797. The molecule has 3 N–H and O–H groups in total. The molecule has 7 heteroatoms. The molecule has 0 aromatic carbocycles.